The molecule has 2 saturated heterocycles. The van der Waals surface area contributed by atoms with Gasteiger partial charge in [-0.3, -0.25) is 4.90 Å². The molecule has 54 heavy (non-hydrogen) atoms. The molecule has 0 aromatic heterocycles. The second kappa shape index (κ2) is 15.0. The van der Waals surface area contributed by atoms with Gasteiger partial charge in [-0.1, -0.05) is 118 Å². The van der Waals surface area contributed by atoms with Gasteiger partial charge in [-0.05, 0) is 82.0 Å². The summed E-state index contributed by atoms with van der Waals surface area (Å²) >= 11 is 0. The zero-order valence-electron chi connectivity index (χ0n) is 32.5. The van der Waals surface area contributed by atoms with Gasteiger partial charge >= 0.3 is 0 Å². The fraction of sp³-hybridized carbons (Fsp3) is 0.348. The number of fused-ring (bicyclic) bond motifs is 2. The van der Waals surface area contributed by atoms with E-state index in [0.717, 1.165) is 33.9 Å². The Morgan fingerprint density at radius 2 is 1.02 bits per heavy atom. The van der Waals surface area contributed by atoms with Crippen LogP contribution in [0.5, 0.6) is 17.2 Å². The maximum Gasteiger partial charge on any atom is 0.261 e. The number of rotatable bonds is 12. The van der Waals surface area contributed by atoms with E-state index in [1.165, 1.54) is 10.4 Å². The van der Waals surface area contributed by atoms with Crippen LogP contribution in [0.15, 0.2) is 133 Å². The highest BCUT2D eigenvalue weighted by molar-refractivity contribution is 6.99. The van der Waals surface area contributed by atoms with Crippen molar-refractivity contribution in [3.05, 3.63) is 150 Å². The number of aliphatic hydroxyl groups excluding tert-OH is 1. The molecule has 7 rings (SSSR count). The first-order chi connectivity index (χ1) is 26.0. The lowest BCUT2D eigenvalue weighted by molar-refractivity contribution is -0.218. The summed E-state index contributed by atoms with van der Waals surface area (Å²) in [6, 6.07) is 45.7. The average molecular weight is 744 g/mol. The topological polar surface area (TPSA) is 69.6 Å². The molecule has 0 amide bonds. The molecule has 7 nitrogen and oxygen atoms in total. The summed E-state index contributed by atoms with van der Waals surface area (Å²) in [5.41, 5.74) is 0.753. The van der Waals surface area contributed by atoms with Crippen LogP contribution in [0.3, 0.4) is 0 Å². The number of hydrogen-bond donors (Lipinski definition) is 1. The van der Waals surface area contributed by atoms with Crippen LogP contribution in [-0.2, 0) is 14.8 Å². The van der Waals surface area contributed by atoms with Gasteiger partial charge in [0.1, 0.15) is 28.6 Å². The fourth-order valence-electron chi connectivity index (χ4n) is 9.04. The predicted molar refractivity (Wildman–Crippen MR) is 217 cm³/mol. The highest BCUT2D eigenvalue weighted by atomic mass is 28.4. The summed E-state index contributed by atoms with van der Waals surface area (Å²) in [5.74, 6) is 2.25. The van der Waals surface area contributed by atoms with Gasteiger partial charge in [0.15, 0.2) is 0 Å². The molecule has 4 unspecified atom stereocenters. The minimum Gasteiger partial charge on any atom is -0.497 e. The van der Waals surface area contributed by atoms with Crippen LogP contribution in [0.2, 0.25) is 5.04 Å². The Morgan fingerprint density at radius 3 is 1.39 bits per heavy atom. The molecular weight excluding hydrogens is 691 g/mol. The lowest BCUT2D eigenvalue weighted by Crippen LogP contribution is -2.69. The van der Waals surface area contributed by atoms with Crippen molar-refractivity contribution in [3.63, 3.8) is 0 Å². The molecule has 0 aliphatic carbocycles. The van der Waals surface area contributed by atoms with Gasteiger partial charge in [0.25, 0.3) is 8.32 Å². The van der Waals surface area contributed by atoms with E-state index in [1.54, 1.807) is 21.3 Å². The highest BCUT2D eigenvalue weighted by Crippen LogP contribution is 2.53. The number of piperidine rings is 1. The van der Waals surface area contributed by atoms with Crippen LogP contribution >= 0.6 is 0 Å². The maximum atomic E-state index is 11.9. The molecule has 2 aliphatic heterocycles. The Hall–Kier alpha value is -4.44. The van der Waals surface area contributed by atoms with E-state index in [2.05, 4.69) is 130 Å². The molecule has 4 atom stereocenters. The normalized spacial score (nSPS) is 21.8. The van der Waals surface area contributed by atoms with Gasteiger partial charge in [-0.15, -0.1) is 0 Å². The van der Waals surface area contributed by atoms with Gasteiger partial charge < -0.3 is 28.5 Å². The molecule has 5 aromatic rings. The van der Waals surface area contributed by atoms with E-state index in [-0.39, 0.29) is 17.2 Å². The Kier molecular flexibility index (Phi) is 10.5. The number of benzene rings is 5. The molecule has 8 heteroatoms. The van der Waals surface area contributed by atoms with Crippen molar-refractivity contribution in [2.45, 2.75) is 74.6 Å². The summed E-state index contributed by atoms with van der Waals surface area (Å²) in [7, 11) is 4.20. The lowest BCUT2D eigenvalue weighted by Gasteiger charge is -2.53. The molecular formula is C46H53NO6Si. The van der Waals surface area contributed by atoms with Gasteiger partial charge in [-0.2, -0.15) is 0 Å². The van der Waals surface area contributed by atoms with E-state index in [4.69, 9.17) is 23.4 Å². The van der Waals surface area contributed by atoms with E-state index < -0.39 is 25.7 Å². The summed E-state index contributed by atoms with van der Waals surface area (Å²) in [4.78, 5) is 2.27. The van der Waals surface area contributed by atoms with E-state index in [1.807, 2.05) is 36.4 Å². The monoisotopic (exact) mass is 743 g/mol. The van der Waals surface area contributed by atoms with Crippen LogP contribution in [0.4, 0.5) is 0 Å². The molecule has 2 heterocycles. The first-order valence-electron chi connectivity index (χ1n) is 18.8. The third kappa shape index (κ3) is 6.54. The molecule has 2 aliphatic rings. The van der Waals surface area contributed by atoms with Crippen molar-refractivity contribution in [1.29, 1.82) is 0 Å². The number of nitrogens with zero attached hydrogens (tertiary/aromatic N) is 1. The first-order valence-corrected chi connectivity index (χ1v) is 20.7. The SMILES string of the molecule is COc1ccc(C(OC23CC(O[Si](c4ccccc4)(c4ccccc4)C(C)(C)C)CC(C(O)C2)N3C)(c2ccc(OC)cc2)c2ccc(OC)cc2)cc1. The molecule has 0 radical (unpaired) electrons. The Bertz CT molecular complexity index is 1830. The number of methoxy groups -OCH3 is 3. The summed E-state index contributed by atoms with van der Waals surface area (Å²) in [5, 5.41) is 14.2. The lowest BCUT2D eigenvalue weighted by atomic mass is 9.79. The molecule has 0 spiro atoms. The van der Waals surface area contributed by atoms with Crippen molar-refractivity contribution >= 4 is 18.7 Å². The van der Waals surface area contributed by atoms with Crippen LogP contribution < -0.4 is 24.6 Å². The fourth-order valence-corrected chi connectivity index (χ4v) is 13.7. The Labute approximate surface area is 321 Å². The smallest absolute Gasteiger partial charge is 0.261 e. The molecule has 2 fully saturated rings. The maximum absolute atomic E-state index is 11.9. The number of hydrogen-bond acceptors (Lipinski definition) is 7. The first kappa shape index (κ1) is 37.9. The number of likely N-dealkylation sites (N-methyl/N-ethyl adjacent to an activating group) is 1. The highest BCUT2D eigenvalue weighted by Gasteiger charge is 2.61. The second-order valence-electron chi connectivity index (χ2n) is 15.7. The largest absolute Gasteiger partial charge is 0.497 e. The van der Waals surface area contributed by atoms with Gasteiger partial charge in [0, 0.05) is 18.9 Å². The van der Waals surface area contributed by atoms with Gasteiger partial charge in [0.05, 0.1) is 33.5 Å². The van der Waals surface area contributed by atoms with Crippen molar-refractivity contribution in [2.24, 2.45) is 0 Å². The van der Waals surface area contributed by atoms with Gasteiger partial charge in [-0.25, -0.2) is 0 Å². The summed E-state index contributed by atoms with van der Waals surface area (Å²) in [6.45, 7) is 6.93. The van der Waals surface area contributed by atoms with E-state index >= 15 is 0 Å². The minimum atomic E-state index is -2.92. The zero-order chi connectivity index (χ0) is 38.1. The molecule has 1 N–H and O–H groups in total. The van der Waals surface area contributed by atoms with Crippen molar-refractivity contribution in [3.8, 4) is 17.2 Å². The molecule has 0 saturated carbocycles. The Morgan fingerprint density at radius 1 is 0.611 bits per heavy atom. The van der Waals surface area contributed by atoms with Gasteiger partial charge in [0.2, 0.25) is 0 Å². The van der Waals surface area contributed by atoms with E-state index in [9.17, 15) is 5.11 Å². The van der Waals surface area contributed by atoms with Crippen LogP contribution in [0.25, 0.3) is 0 Å². The molecule has 5 aromatic carbocycles. The third-order valence-corrected chi connectivity index (χ3v) is 16.8. The quantitative estimate of drug-likeness (QED) is 0.105. The summed E-state index contributed by atoms with van der Waals surface area (Å²) in [6.07, 6.45) is 0.872. The van der Waals surface area contributed by atoms with Crippen LogP contribution in [-0.4, -0.2) is 70.7 Å². The Balaban J connectivity index is 1.41. The third-order valence-electron chi connectivity index (χ3n) is 11.8. The molecule has 282 valence electrons. The zero-order valence-corrected chi connectivity index (χ0v) is 33.5. The average Bonchev–Trinajstić information content (AvgIpc) is 3.32. The molecule has 2 bridgehead atoms. The van der Waals surface area contributed by atoms with E-state index in [0.29, 0.717) is 19.3 Å². The second-order valence-corrected chi connectivity index (χ2v) is 20.0. The minimum absolute atomic E-state index is 0.165. The van der Waals surface area contributed by atoms with Crippen LogP contribution in [0.1, 0.15) is 56.7 Å². The number of aliphatic hydroxyl groups is 1. The summed E-state index contributed by atoms with van der Waals surface area (Å²) < 4.78 is 32.6. The van der Waals surface area contributed by atoms with Crippen LogP contribution in [0, 0.1) is 0 Å². The number of ether oxygens (including phenoxy) is 4. The predicted octanol–water partition coefficient (Wildman–Crippen LogP) is 7.52. The van der Waals surface area contributed by atoms with Crippen molar-refractivity contribution in [1.82, 2.24) is 4.90 Å². The van der Waals surface area contributed by atoms with Crippen molar-refractivity contribution in [2.75, 3.05) is 28.4 Å². The standard InChI is InChI=1S/C46H53NO6Si/c1-44(2,3)54(40-14-10-8-11-15-40,41-16-12-9-13-17-41)52-39-30-42-43(48)32-45(31-39,47(42)4)53-46(33-18-24-36(49-5)25-19-33,34-20-26-37(50-6)27-21-34)35-22-28-38(51-7)29-23-35/h8-29,39,42-43,48H,30-32H2,1-7H3. The van der Waals surface area contributed by atoms with Crippen molar-refractivity contribution < 1.29 is 28.5 Å².